The highest BCUT2D eigenvalue weighted by Crippen LogP contribution is 2.28. The van der Waals surface area contributed by atoms with Crippen LogP contribution in [0.25, 0.3) is 0 Å². The van der Waals surface area contributed by atoms with Crippen molar-refractivity contribution in [1.29, 1.82) is 0 Å². The minimum atomic E-state index is -0.174. The van der Waals surface area contributed by atoms with Gasteiger partial charge in [-0.15, -0.1) is 5.10 Å². The third-order valence-electron chi connectivity index (χ3n) is 3.61. The van der Waals surface area contributed by atoms with Gasteiger partial charge in [0.1, 0.15) is 5.82 Å². The highest BCUT2D eigenvalue weighted by atomic mass is 16.2. The van der Waals surface area contributed by atoms with Gasteiger partial charge in [-0.05, 0) is 25.2 Å². The molecular formula is C12H20N4O. The van der Waals surface area contributed by atoms with Crippen LogP contribution in [0.1, 0.15) is 49.1 Å². The summed E-state index contributed by atoms with van der Waals surface area (Å²) in [5.41, 5.74) is 0. The molecule has 17 heavy (non-hydrogen) atoms. The van der Waals surface area contributed by atoms with Gasteiger partial charge in [-0.3, -0.25) is 9.89 Å². The molecule has 1 fully saturated rings. The fourth-order valence-electron chi connectivity index (χ4n) is 2.44. The number of hydrogen-bond donors (Lipinski definition) is 2. The second-order valence-corrected chi connectivity index (χ2v) is 4.98. The van der Waals surface area contributed by atoms with Crippen molar-refractivity contribution in [3.8, 4) is 0 Å². The van der Waals surface area contributed by atoms with E-state index >= 15 is 0 Å². The van der Waals surface area contributed by atoms with Crippen LogP contribution < -0.4 is 5.32 Å². The molecule has 2 N–H and O–H groups in total. The van der Waals surface area contributed by atoms with Gasteiger partial charge in [-0.1, -0.05) is 26.2 Å². The van der Waals surface area contributed by atoms with Crippen molar-refractivity contribution in [3.05, 3.63) is 11.6 Å². The summed E-state index contributed by atoms with van der Waals surface area (Å²) in [7, 11) is 0. The van der Waals surface area contributed by atoms with Crippen LogP contribution in [0.15, 0.2) is 0 Å². The second-order valence-electron chi connectivity index (χ2n) is 4.98. The van der Waals surface area contributed by atoms with Crippen LogP contribution in [0, 0.1) is 18.8 Å². The lowest BCUT2D eigenvalue weighted by Gasteiger charge is -2.28. The van der Waals surface area contributed by atoms with Gasteiger partial charge in [0, 0.05) is 6.54 Å². The SMILES string of the molecule is Cc1nc(C(=O)NCC2CCCCC2C)n[nH]1. The first-order valence-electron chi connectivity index (χ1n) is 6.34. The summed E-state index contributed by atoms with van der Waals surface area (Å²) in [6, 6.07) is 0. The minimum absolute atomic E-state index is 0.174. The molecule has 0 aliphatic heterocycles. The summed E-state index contributed by atoms with van der Waals surface area (Å²) < 4.78 is 0. The molecule has 2 rings (SSSR count). The van der Waals surface area contributed by atoms with Crippen LogP contribution in [-0.4, -0.2) is 27.6 Å². The number of H-pyrrole nitrogens is 1. The average molecular weight is 236 g/mol. The zero-order valence-corrected chi connectivity index (χ0v) is 10.5. The molecule has 0 aromatic carbocycles. The third kappa shape index (κ3) is 3.05. The van der Waals surface area contributed by atoms with Crippen LogP contribution in [0.5, 0.6) is 0 Å². The molecule has 2 atom stereocenters. The smallest absolute Gasteiger partial charge is 0.290 e. The zero-order chi connectivity index (χ0) is 12.3. The maximum atomic E-state index is 11.8. The molecule has 5 heteroatoms. The molecular weight excluding hydrogens is 216 g/mol. The van der Waals surface area contributed by atoms with Crippen molar-refractivity contribution in [3.63, 3.8) is 0 Å². The number of carbonyl (C=O) groups excluding carboxylic acids is 1. The molecule has 1 aromatic rings. The first-order valence-corrected chi connectivity index (χ1v) is 6.34. The van der Waals surface area contributed by atoms with Crippen LogP contribution in [-0.2, 0) is 0 Å². The highest BCUT2D eigenvalue weighted by molar-refractivity contribution is 5.90. The van der Waals surface area contributed by atoms with E-state index in [1.54, 1.807) is 6.92 Å². The van der Waals surface area contributed by atoms with Crippen molar-refractivity contribution < 1.29 is 4.79 Å². The van der Waals surface area contributed by atoms with E-state index in [0.29, 0.717) is 17.7 Å². The summed E-state index contributed by atoms with van der Waals surface area (Å²) in [5.74, 6) is 2.05. The fraction of sp³-hybridized carbons (Fsp3) is 0.750. The summed E-state index contributed by atoms with van der Waals surface area (Å²) in [6.07, 6.45) is 5.10. The molecule has 5 nitrogen and oxygen atoms in total. The molecule has 0 bridgehead atoms. The van der Waals surface area contributed by atoms with Gasteiger partial charge < -0.3 is 5.32 Å². The Kier molecular flexibility index (Phi) is 3.76. The highest BCUT2D eigenvalue weighted by Gasteiger charge is 2.22. The van der Waals surface area contributed by atoms with Crippen molar-refractivity contribution in [2.75, 3.05) is 6.54 Å². The van der Waals surface area contributed by atoms with Crippen molar-refractivity contribution in [2.24, 2.45) is 11.8 Å². The summed E-state index contributed by atoms with van der Waals surface area (Å²) in [4.78, 5) is 15.8. The van der Waals surface area contributed by atoms with Crippen LogP contribution in [0.3, 0.4) is 0 Å². The number of rotatable bonds is 3. The minimum Gasteiger partial charge on any atom is -0.349 e. The predicted molar refractivity (Wildman–Crippen MR) is 64.6 cm³/mol. The lowest BCUT2D eigenvalue weighted by Crippen LogP contribution is -2.33. The maximum Gasteiger partial charge on any atom is 0.290 e. The average Bonchev–Trinajstić information content (AvgIpc) is 2.74. The van der Waals surface area contributed by atoms with Gasteiger partial charge in [0.2, 0.25) is 5.82 Å². The van der Waals surface area contributed by atoms with Crippen LogP contribution in [0.2, 0.25) is 0 Å². The molecule has 1 aliphatic carbocycles. The Morgan fingerprint density at radius 3 is 2.88 bits per heavy atom. The van der Waals surface area contributed by atoms with Gasteiger partial charge in [-0.25, -0.2) is 4.98 Å². The topological polar surface area (TPSA) is 70.7 Å². The standard InChI is InChI=1S/C12H20N4O/c1-8-5-3-4-6-10(8)7-13-12(17)11-14-9(2)15-16-11/h8,10H,3-7H2,1-2H3,(H,13,17)(H,14,15,16). The first-order chi connectivity index (χ1) is 8.16. The second kappa shape index (κ2) is 5.29. The number of aromatic amines is 1. The van der Waals surface area contributed by atoms with Crippen molar-refractivity contribution >= 4 is 5.91 Å². The zero-order valence-electron chi connectivity index (χ0n) is 10.5. The van der Waals surface area contributed by atoms with Crippen LogP contribution >= 0.6 is 0 Å². The van der Waals surface area contributed by atoms with Crippen LogP contribution in [0.4, 0.5) is 0 Å². The lowest BCUT2D eigenvalue weighted by atomic mass is 9.80. The lowest BCUT2D eigenvalue weighted by molar-refractivity contribution is 0.0926. The Morgan fingerprint density at radius 2 is 2.24 bits per heavy atom. The number of nitrogens with one attached hydrogen (secondary N) is 2. The van der Waals surface area contributed by atoms with E-state index in [2.05, 4.69) is 27.4 Å². The summed E-state index contributed by atoms with van der Waals surface area (Å²) in [5, 5.41) is 9.45. The number of nitrogens with zero attached hydrogens (tertiary/aromatic N) is 2. The van der Waals surface area contributed by atoms with Crippen molar-refractivity contribution in [2.45, 2.75) is 39.5 Å². The molecule has 1 saturated carbocycles. The molecule has 0 spiro atoms. The Labute approximate surface area is 101 Å². The molecule has 2 unspecified atom stereocenters. The normalized spacial score (nSPS) is 24.6. The van der Waals surface area contributed by atoms with Gasteiger partial charge in [0.15, 0.2) is 0 Å². The van der Waals surface area contributed by atoms with E-state index in [-0.39, 0.29) is 11.7 Å². The number of aryl methyl sites for hydroxylation is 1. The number of amides is 1. The van der Waals surface area contributed by atoms with E-state index in [1.165, 1.54) is 25.7 Å². The maximum absolute atomic E-state index is 11.8. The van der Waals surface area contributed by atoms with E-state index in [4.69, 9.17) is 0 Å². The van der Waals surface area contributed by atoms with E-state index < -0.39 is 0 Å². The Bertz CT molecular complexity index is 388. The fourth-order valence-corrected chi connectivity index (χ4v) is 2.44. The molecule has 1 amide bonds. The number of aromatic nitrogens is 3. The Morgan fingerprint density at radius 1 is 1.47 bits per heavy atom. The molecule has 94 valence electrons. The van der Waals surface area contributed by atoms with E-state index in [9.17, 15) is 4.79 Å². The molecule has 0 saturated heterocycles. The number of carbonyl (C=O) groups is 1. The molecule has 0 radical (unpaired) electrons. The first kappa shape index (κ1) is 12.1. The Hall–Kier alpha value is -1.39. The quantitative estimate of drug-likeness (QED) is 0.838. The predicted octanol–water partition coefficient (Wildman–Crippen LogP) is 1.67. The van der Waals surface area contributed by atoms with Gasteiger partial charge >= 0.3 is 0 Å². The summed E-state index contributed by atoms with van der Waals surface area (Å²) >= 11 is 0. The third-order valence-corrected chi connectivity index (χ3v) is 3.61. The monoisotopic (exact) mass is 236 g/mol. The summed E-state index contributed by atoms with van der Waals surface area (Å²) in [6.45, 7) is 4.80. The largest absolute Gasteiger partial charge is 0.349 e. The number of hydrogen-bond acceptors (Lipinski definition) is 3. The van der Waals surface area contributed by atoms with Crippen molar-refractivity contribution in [1.82, 2.24) is 20.5 Å². The van der Waals surface area contributed by atoms with Gasteiger partial charge in [0.25, 0.3) is 5.91 Å². The molecule has 1 aromatic heterocycles. The molecule has 1 heterocycles. The van der Waals surface area contributed by atoms with Gasteiger partial charge in [-0.2, -0.15) is 0 Å². The van der Waals surface area contributed by atoms with E-state index in [1.807, 2.05) is 0 Å². The van der Waals surface area contributed by atoms with Gasteiger partial charge in [0.05, 0.1) is 0 Å². The Balaban J connectivity index is 1.83. The molecule has 1 aliphatic rings. The van der Waals surface area contributed by atoms with E-state index in [0.717, 1.165) is 6.54 Å².